The van der Waals surface area contributed by atoms with E-state index in [1.165, 1.54) is 17.0 Å². The lowest BCUT2D eigenvalue weighted by Gasteiger charge is -2.41. The van der Waals surface area contributed by atoms with Gasteiger partial charge in [-0.05, 0) is 42.2 Å². The quantitative estimate of drug-likeness (QED) is 0.369. The van der Waals surface area contributed by atoms with Gasteiger partial charge in [0.15, 0.2) is 0 Å². The highest BCUT2D eigenvalue weighted by Gasteiger charge is 2.42. The van der Waals surface area contributed by atoms with Crippen molar-refractivity contribution in [3.8, 4) is 5.69 Å². The third kappa shape index (κ3) is 4.88. The number of fused-ring (bicyclic) bond motifs is 1. The van der Waals surface area contributed by atoms with Gasteiger partial charge in [-0.3, -0.25) is 8.97 Å². The second-order valence-electron chi connectivity index (χ2n) is 10.4. The summed E-state index contributed by atoms with van der Waals surface area (Å²) in [5.41, 5.74) is -0.198. The molecule has 206 valence electrons. The molecule has 2 saturated heterocycles. The molecule has 39 heavy (non-hydrogen) atoms. The summed E-state index contributed by atoms with van der Waals surface area (Å²) in [6, 6.07) is 8.43. The van der Waals surface area contributed by atoms with Gasteiger partial charge in [-0.15, -0.1) is 10.2 Å². The molecule has 2 aliphatic heterocycles. The van der Waals surface area contributed by atoms with E-state index in [-0.39, 0.29) is 23.6 Å². The molecule has 1 atom stereocenters. The first-order valence-corrected chi connectivity index (χ1v) is 12.9. The number of hydrogen-bond donors (Lipinski definition) is 1. The third-order valence-electron chi connectivity index (χ3n) is 7.65. The molecule has 3 aromatic heterocycles. The second-order valence-corrected chi connectivity index (χ2v) is 10.4. The number of benzene rings is 1. The number of pyridine rings is 1. The minimum atomic E-state index is -4.63. The number of nitrogens with zero attached hydrogens (tertiary/aromatic N) is 5. The van der Waals surface area contributed by atoms with Crippen LogP contribution < -0.4 is 11.0 Å². The van der Waals surface area contributed by atoms with Crippen LogP contribution in [0.2, 0.25) is 0 Å². The van der Waals surface area contributed by atoms with E-state index >= 15 is 0 Å². The fourth-order valence-corrected chi connectivity index (χ4v) is 5.41. The molecule has 5 heterocycles. The van der Waals surface area contributed by atoms with Crippen LogP contribution in [0.15, 0.2) is 53.8 Å². The van der Waals surface area contributed by atoms with Gasteiger partial charge in [0.2, 0.25) is 0 Å². The zero-order chi connectivity index (χ0) is 27.2. The van der Waals surface area contributed by atoms with Crippen molar-refractivity contribution < 1.29 is 22.6 Å². The molecule has 4 aromatic rings. The Morgan fingerprint density at radius 3 is 2.72 bits per heavy atom. The van der Waals surface area contributed by atoms with E-state index in [4.69, 9.17) is 9.47 Å². The van der Waals surface area contributed by atoms with Gasteiger partial charge in [-0.2, -0.15) is 13.2 Å². The number of rotatable bonds is 8. The maximum absolute atomic E-state index is 14.1. The Morgan fingerprint density at radius 2 is 2.05 bits per heavy atom. The number of alkyl halides is 3. The molecular formula is C27H29F3N6O3. The molecule has 0 radical (unpaired) electrons. The van der Waals surface area contributed by atoms with Crippen LogP contribution in [0.4, 0.5) is 13.2 Å². The van der Waals surface area contributed by atoms with E-state index < -0.39 is 17.4 Å². The molecule has 0 saturated carbocycles. The summed E-state index contributed by atoms with van der Waals surface area (Å²) in [5, 5.41) is 11.3. The third-order valence-corrected chi connectivity index (χ3v) is 7.65. The van der Waals surface area contributed by atoms with Gasteiger partial charge in [0, 0.05) is 51.0 Å². The Morgan fingerprint density at radius 1 is 1.21 bits per heavy atom. The molecule has 6 rings (SSSR count). The molecular weight excluding hydrogens is 513 g/mol. The standard InChI is InChI=1S/C27H29F3N6O3/c1-34-17-32-33-24(34)10-26(15-38-16-26)19-4-2-5-20(9-19)35-14-23-22(27(28,29)30)8-18(13-36(23)25(35)37)11-31-12-21-6-3-7-39-21/h2,4-5,8-9,13-14,17,21,31H,3,6-7,10-12,15-16H2,1H3. The molecule has 9 nitrogen and oxygen atoms in total. The molecule has 0 bridgehead atoms. The van der Waals surface area contributed by atoms with E-state index in [2.05, 4.69) is 15.5 Å². The SMILES string of the molecule is Cn1cnnc1CC1(c2cccc(-n3cc4c(C(F)(F)F)cc(CNCC5CCCO5)cn4c3=O)c2)COC1. The Bertz CT molecular complexity index is 1550. The Hall–Kier alpha value is -3.48. The topological polar surface area (TPSA) is 87.6 Å². The van der Waals surface area contributed by atoms with Crippen molar-refractivity contribution >= 4 is 5.52 Å². The summed E-state index contributed by atoms with van der Waals surface area (Å²) in [5.74, 6) is 0.797. The minimum absolute atomic E-state index is 0.0601. The zero-order valence-corrected chi connectivity index (χ0v) is 21.4. The number of hydrogen-bond acceptors (Lipinski definition) is 6. The van der Waals surface area contributed by atoms with Crippen molar-refractivity contribution in [2.75, 3.05) is 26.4 Å². The van der Waals surface area contributed by atoms with Gasteiger partial charge in [0.1, 0.15) is 12.2 Å². The summed E-state index contributed by atoms with van der Waals surface area (Å²) in [6.45, 7) is 2.38. The highest BCUT2D eigenvalue weighted by Crippen LogP contribution is 2.37. The van der Waals surface area contributed by atoms with Crippen molar-refractivity contribution in [3.05, 3.63) is 82.1 Å². The van der Waals surface area contributed by atoms with E-state index in [9.17, 15) is 18.0 Å². The molecule has 0 aliphatic carbocycles. The van der Waals surface area contributed by atoms with Gasteiger partial charge in [0.25, 0.3) is 0 Å². The summed E-state index contributed by atoms with van der Waals surface area (Å²) >= 11 is 0. The number of aryl methyl sites for hydroxylation is 1. The molecule has 1 aromatic carbocycles. The lowest BCUT2D eigenvalue weighted by Crippen LogP contribution is -2.49. The summed E-state index contributed by atoms with van der Waals surface area (Å²) in [4.78, 5) is 13.5. The van der Waals surface area contributed by atoms with Gasteiger partial charge in [-0.1, -0.05) is 12.1 Å². The van der Waals surface area contributed by atoms with Crippen molar-refractivity contribution in [3.63, 3.8) is 0 Å². The molecule has 2 fully saturated rings. The number of halogens is 3. The maximum Gasteiger partial charge on any atom is 0.418 e. The van der Waals surface area contributed by atoms with Crippen LogP contribution in [0.25, 0.3) is 11.2 Å². The number of imidazole rings is 1. The van der Waals surface area contributed by atoms with Crippen LogP contribution in [0, 0.1) is 0 Å². The first-order valence-electron chi connectivity index (χ1n) is 12.9. The van der Waals surface area contributed by atoms with Gasteiger partial charge in [0.05, 0.1) is 36.1 Å². The highest BCUT2D eigenvalue weighted by molar-refractivity contribution is 5.58. The van der Waals surface area contributed by atoms with Crippen LogP contribution in [0.1, 0.15) is 35.4 Å². The number of aromatic nitrogens is 5. The second kappa shape index (κ2) is 9.92. The molecule has 1 N–H and O–H groups in total. The number of ether oxygens (including phenoxy) is 2. The fourth-order valence-electron chi connectivity index (χ4n) is 5.41. The molecule has 1 unspecified atom stereocenters. The Kier molecular flexibility index (Phi) is 6.56. The van der Waals surface area contributed by atoms with E-state index in [1.807, 2.05) is 23.7 Å². The lowest BCUT2D eigenvalue weighted by atomic mass is 9.75. The van der Waals surface area contributed by atoms with Crippen molar-refractivity contribution in [2.24, 2.45) is 7.05 Å². The maximum atomic E-state index is 14.1. The number of nitrogens with one attached hydrogen (secondary N) is 1. The van der Waals surface area contributed by atoms with Crippen molar-refractivity contribution in [2.45, 2.75) is 43.5 Å². The van der Waals surface area contributed by atoms with Gasteiger partial charge >= 0.3 is 11.9 Å². The van der Waals surface area contributed by atoms with E-state index in [0.29, 0.717) is 44.0 Å². The van der Waals surface area contributed by atoms with Crippen LogP contribution in [-0.2, 0) is 41.1 Å². The predicted molar refractivity (Wildman–Crippen MR) is 136 cm³/mol. The normalized spacial score (nSPS) is 19.0. The van der Waals surface area contributed by atoms with Crippen LogP contribution in [0.5, 0.6) is 0 Å². The van der Waals surface area contributed by atoms with Crippen molar-refractivity contribution in [1.82, 2.24) is 29.0 Å². The monoisotopic (exact) mass is 542 g/mol. The Balaban J connectivity index is 1.35. The summed E-state index contributed by atoms with van der Waals surface area (Å²) < 4.78 is 57.6. The van der Waals surface area contributed by atoms with Gasteiger partial charge < -0.3 is 19.4 Å². The minimum Gasteiger partial charge on any atom is -0.379 e. The lowest BCUT2D eigenvalue weighted by molar-refractivity contribution is -0.136. The molecule has 12 heteroatoms. The smallest absolute Gasteiger partial charge is 0.379 e. The summed E-state index contributed by atoms with van der Waals surface area (Å²) in [7, 11) is 1.87. The molecule has 0 amide bonds. The highest BCUT2D eigenvalue weighted by atomic mass is 19.4. The zero-order valence-electron chi connectivity index (χ0n) is 21.4. The average molecular weight is 543 g/mol. The largest absolute Gasteiger partial charge is 0.418 e. The first-order chi connectivity index (χ1) is 18.7. The van der Waals surface area contributed by atoms with Crippen LogP contribution >= 0.6 is 0 Å². The van der Waals surface area contributed by atoms with E-state index in [1.54, 1.807) is 18.5 Å². The van der Waals surface area contributed by atoms with E-state index in [0.717, 1.165) is 34.7 Å². The van der Waals surface area contributed by atoms with Gasteiger partial charge in [-0.25, -0.2) is 4.79 Å². The average Bonchev–Trinajstić information content (AvgIpc) is 3.62. The summed E-state index contributed by atoms with van der Waals surface area (Å²) in [6.07, 6.45) is 2.30. The predicted octanol–water partition coefficient (Wildman–Crippen LogP) is 3.02. The molecule has 2 aliphatic rings. The molecule has 0 spiro atoms. The van der Waals surface area contributed by atoms with Crippen molar-refractivity contribution in [1.29, 1.82) is 0 Å². The fraction of sp³-hybridized carbons (Fsp3) is 0.444. The van der Waals surface area contributed by atoms with Crippen LogP contribution in [0.3, 0.4) is 0 Å². The Labute approximate surface area is 222 Å². The first kappa shape index (κ1) is 25.8. The van der Waals surface area contributed by atoms with Crippen LogP contribution in [-0.4, -0.2) is 56.2 Å².